The summed E-state index contributed by atoms with van der Waals surface area (Å²) in [6, 6.07) is 7.13. The highest BCUT2D eigenvalue weighted by Gasteiger charge is 2.26. The summed E-state index contributed by atoms with van der Waals surface area (Å²) in [5, 5.41) is 11.6. The second-order valence-electron chi connectivity index (χ2n) is 6.30. The molecule has 0 bridgehead atoms. The fourth-order valence-corrected chi connectivity index (χ4v) is 3.25. The van der Waals surface area contributed by atoms with Crippen LogP contribution in [0.3, 0.4) is 0 Å². The van der Waals surface area contributed by atoms with E-state index in [0.29, 0.717) is 35.3 Å². The van der Waals surface area contributed by atoms with Gasteiger partial charge in [0.1, 0.15) is 5.69 Å². The molecule has 0 spiro atoms. The molecule has 2 aromatic rings. The Labute approximate surface area is 145 Å². The summed E-state index contributed by atoms with van der Waals surface area (Å²) in [5.41, 5.74) is 4.06. The SMILES string of the molecule is Cc1c(C(=O)Nc2cccc(CCC(=O)O)c2)[nH]c2c1C(=O)CCC2. The zero-order chi connectivity index (χ0) is 18.0. The highest BCUT2D eigenvalue weighted by Crippen LogP contribution is 2.27. The van der Waals surface area contributed by atoms with Crippen molar-refractivity contribution in [1.82, 2.24) is 4.98 Å². The van der Waals surface area contributed by atoms with Gasteiger partial charge in [0.2, 0.25) is 0 Å². The van der Waals surface area contributed by atoms with Gasteiger partial charge in [0.15, 0.2) is 5.78 Å². The van der Waals surface area contributed by atoms with E-state index in [4.69, 9.17) is 5.11 Å². The van der Waals surface area contributed by atoms with Gasteiger partial charge in [0, 0.05) is 29.8 Å². The van der Waals surface area contributed by atoms with Gasteiger partial charge < -0.3 is 15.4 Å². The lowest BCUT2D eigenvalue weighted by atomic mass is 9.94. The second-order valence-corrected chi connectivity index (χ2v) is 6.30. The molecule has 0 atom stereocenters. The Bertz CT molecular complexity index is 851. The number of aromatic amines is 1. The first kappa shape index (κ1) is 17.0. The Morgan fingerprint density at radius 2 is 2.08 bits per heavy atom. The molecule has 0 unspecified atom stereocenters. The molecule has 0 saturated carbocycles. The molecule has 25 heavy (non-hydrogen) atoms. The van der Waals surface area contributed by atoms with Gasteiger partial charge in [-0.3, -0.25) is 14.4 Å². The molecule has 0 saturated heterocycles. The van der Waals surface area contributed by atoms with Crippen LogP contribution in [0.1, 0.15) is 56.9 Å². The number of aryl methyl sites for hydroxylation is 2. The van der Waals surface area contributed by atoms with E-state index in [1.165, 1.54) is 0 Å². The third-order valence-corrected chi connectivity index (χ3v) is 4.48. The summed E-state index contributed by atoms with van der Waals surface area (Å²) in [4.78, 5) is 38.4. The molecule has 1 heterocycles. The maximum atomic E-state index is 12.6. The number of hydrogen-bond acceptors (Lipinski definition) is 3. The Morgan fingerprint density at radius 1 is 1.28 bits per heavy atom. The number of ketones is 1. The fourth-order valence-electron chi connectivity index (χ4n) is 3.25. The van der Waals surface area contributed by atoms with Crippen molar-refractivity contribution in [3.05, 3.63) is 52.3 Å². The first-order chi connectivity index (χ1) is 12.0. The van der Waals surface area contributed by atoms with Crippen molar-refractivity contribution in [2.24, 2.45) is 0 Å². The third-order valence-electron chi connectivity index (χ3n) is 4.48. The lowest BCUT2D eigenvalue weighted by Crippen LogP contribution is -2.14. The summed E-state index contributed by atoms with van der Waals surface area (Å²) < 4.78 is 0. The van der Waals surface area contributed by atoms with E-state index in [9.17, 15) is 14.4 Å². The van der Waals surface area contributed by atoms with Crippen LogP contribution in [0, 0.1) is 6.92 Å². The largest absolute Gasteiger partial charge is 0.481 e. The highest BCUT2D eigenvalue weighted by molar-refractivity contribution is 6.08. The van der Waals surface area contributed by atoms with E-state index >= 15 is 0 Å². The van der Waals surface area contributed by atoms with Crippen LogP contribution in [0.5, 0.6) is 0 Å². The average Bonchev–Trinajstić information content (AvgIpc) is 2.92. The maximum Gasteiger partial charge on any atom is 0.303 e. The van der Waals surface area contributed by atoms with Gasteiger partial charge >= 0.3 is 5.97 Å². The summed E-state index contributed by atoms with van der Waals surface area (Å²) in [7, 11) is 0. The fraction of sp³-hybridized carbons (Fsp3) is 0.316. The number of H-pyrrole nitrogens is 1. The number of rotatable bonds is 5. The van der Waals surface area contributed by atoms with Crippen LogP contribution in [0.2, 0.25) is 0 Å². The smallest absolute Gasteiger partial charge is 0.303 e. The number of carbonyl (C=O) groups excluding carboxylic acids is 2. The van der Waals surface area contributed by atoms with Crippen molar-refractivity contribution < 1.29 is 19.5 Å². The van der Waals surface area contributed by atoms with Crippen LogP contribution < -0.4 is 5.32 Å². The molecule has 0 radical (unpaired) electrons. The number of carboxylic acid groups (broad SMARTS) is 1. The summed E-state index contributed by atoms with van der Waals surface area (Å²) in [6.45, 7) is 1.79. The highest BCUT2D eigenvalue weighted by atomic mass is 16.4. The van der Waals surface area contributed by atoms with Gasteiger partial charge in [0.05, 0.1) is 0 Å². The quantitative estimate of drug-likeness (QED) is 0.778. The Balaban J connectivity index is 1.78. The standard InChI is InChI=1S/C19H20N2O4/c1-11-17-14(6-3-7-15(17)22)21-18(11)19(25)20-13-5-2-4-12(10-13)8-9-16(23)24/h2,4-5,10,21H,3,6-9H2,1H3,(H,20,25)(H,23,24). The predicted molar refractivity (Wildman–Crippen MR) is 93.2 cm³/mol. The summed E-state index contributed by atoms with van der Waals surface area (Å²) in [5.74, 6) is -1.06. The molecule has 1 amide bonds. The van der Waals surface area contributed by atoms with E-state index in [0.717, 1.165) is 24.1 Å². The summed E-state index contributed by atoms with van der Waals surface area (Å²) in [6.07, 6.45) is 2.56. The molecule has 0 aliphatic heterocycles. The lowest BCUT2D eigenvalue weighted by molar-refractivity contribution is -0.136. The minimum absolute atomic E-state index is 0.0436. The van der Waals surface area contributed by atoms with Gasteiger partial charge in [-0.1, -0.05) is 12.1 Å². The van der Waals surface area contributed by atoms with Crippen molar-refractivity contribution in [3.63, 3.8) is 0 Å². The topological polar surface area (TPSA) is 99.3 Å². The number of aromatic nitrogens is 1. The molecule has 1 aliphatic rings. The molecule has 0 fully saturated rings. The second kappa shape index (κ2) is 6.93. The van der Waals surface area contributed by atoms with Gasteiger partial charge in [0.25, 0.3) is 5.91 Å². The number of benzene rings is 1. The van der Waals surface area contributed by atoms with E-state index in [2.05, 4.69) is 10.3 Å². The first-order valence-corrected chi connectivity index (χ1v) is 8.32. The Kier molecular flexibility index (Phi) is 4.70. The predicted octanol–water partition coefficient (Wildman–Crippen LogP) is 3.11. The van der Waals surface area contributed by atoms with Gasteiger partial charge in [-0.2, -0.15) is 0 Å². The number of nitrogens with one attached hydrogen (secondary N) is 2. The number of carboxylic acids is 1. The monoisotopic (exact) mass is 340 g/mol. The number of aliphatic carboxylic acids is 1. The summed E-state index contributed by atoms with van der Waals surface area (Å²) >= 11 is 0. The van der Waals surface area contributed by atoms with E-state index < -0.39 is 5.97 Å². The molecular formula is C19H20N2O4. The first-order valence-electron chi connectivity index (χ1n) is 8.32. The molecular weight excluding hydrogens is 320 g/mol. The van der Waals surface area contributed by atoms with Crippen LogP contribution >= 0.6 is 0 Å². The number of anilines is 1. The van der Waals surface area contributed by atoms with E-state index in [1.807, 2.05) is 6.07 Å². The van der Waals surface area contributed by atoms with Crippen molar-refractivity contribution in [2.75, 3.05) is 5.32 Å². The normalized spacial score (nSPS) is 13.4. The van der Waals surface area contributed by atoms with Gasteiger partial charge in [-0.05, 0) is 49.4 Å². The van der Waals surface area contributed by atoms with Crippen molar-refractivity contribution in [1.29, 1.82) is 0 Å². The lowest BCUT2D eigenvalue weighted by Gasteiger charge is -2.09. The van der Waals surface area contributed by atoms with Crippen molar-refractivity contribution in [2.45, 2.75) is 39.0 Å². The molecule has 1 aliphatic carbocycles. The zero-order valence-corrected chi connectivity index (χ0v) is 14.0. The van der Waals surface area contributed by atoms with Crippen molar-refractivity contribution in [3.8, 4) is 0 Å². The van der Waals surface area contributed by atoms with Crippen LogP contribution in [0.4, 0.5) is 5.69 Å². The van der Waals surface area contributed by atoms with Gasteiger partial charge in [-0.15, -0.1) is 0 Å². The van der Waals surface area contributed by atoms with Gasteiger partial charge in [-0.25, -0.2) is 0 Å². The minimum atomic E-state index is -0.855. The number of amides is 1. The molecule has 130 valence electrons. The minimum Gasteiger partial charge on any atom is -0.481 e. The van der Waals surface area contributed by atoms with Crippen LogP contribution in [-0.4, -0.2) is 27.8 Å². The zero-order valence-electron chi connectivity index (χ0n) is 14.0. The van der Waals surface area contributed by atoms with E-state index in [1.54, 1.807) is 25.1 Å². The molecule has 3 N–H and O–H groups in total. The molecule has 3 rings (SSSR count). The van der Waals surface area contributed by atoms with Crippen LogP contribution in [0.15, 0.2) is 24.3 Å². The maximum absolute atomic E-state index is 12.6. The molecule has 6 nitrogen and oxygen atoms in total. The molecule has 1 aromatic carbocycles. The average molecular weight is 340 g/mol. The Morgan fingerprint density at radius 3 is 2.80 bits per heavy atom. The molecule has 6 heteroatoms. The van der Waals surface area contributed by atoms with E-state index in [-0.39, 0.29) is 18.1 Å². The third kappa shape index (κ3) is 3.63. The number of hydrogen-bond donors (Lipinski definition) is 3. The number of carbonyl (C=O) groups is 3. The van der Waals surface area contributed by atoms with Crippen molar-refractivity contribution >= 4 is 23.3 Å². The number of Topliss-reactive ketones (excluding diaryl/α,β-unsaturated/α-hetero) is 1. The molecule has 1 aromatic heterocycles. The number of fused-ring (bicyclic) bond motifs is 1. The van der Waals surface area contributed by atoms with Crippen LogP contribution in [0.25, 0.3) is 0 Å². The Hall–Kier alpha value is -2.89. The van der Waals surface area contributed by atoms with Crippen LogP contribution in [-0.2, 0) is 17.6 Å².